The molecule has 1 aliphatic rings. The van der Waals surface area contributed by atoms with Gasteiger partial charge >= 0.3 is 12.2 Å². The Labute approximate surface area is 269 Å². The molecule has 0 saturated carbocycles. The minimum absolute atomic E-state index is 0.0650. The van der Waals surface area contributed by atoms with Crippen LogP contribution in [0.15, 0.2) is 48.5 Å². The highest BCUT2D eigenvalue weighted by atomic mass is 28.4. The number of likely N-dealkylation sites (tertiary alicyclic amines) is 1. The van der Waals surface area contributed by atoms with Crippen molar-refractivity contribution in [1.82, 2.24) is 9.80 Å². The van der Waals surface area contributed by atoms with Gasteiger partial charge in [-0.15, -0.1) is 0 Å². The Hall–Kier alpha value is -4.08. The van der Waals surface area contributed by atoms with E-state index in [0.29, 0.717) is 24.0 Å². The lowest BCUT2D eigenvalue weighted by Gasteiger charge is -2.38. The number of aliphatic hydroxyl groups is 1. The van der Waals surface area contributed by atoms with Crippen LogP contribution >= 0.6 is 0 Å². The van der Waals surface area contributed by atoms with Crippen molar-refractivity contribution in [2.45, 2.75) is 77.1 Å². The molecular formula is C31H44N4O10Si. The van der Waals surface area contributed by atoms with E-state index in [2.05, 4.69) is 33.9 Å². The number of carbonyl (C=O) groups excluding carboxylic acids is 2. The van der Waals surface area contributed by atoms with E-state index < -0.39 is 36.4 Å². The Bertz CT molecular complexity index is 1360. The third-order valence-corrected chi connectivity index (χ3v) is 13.2. The second-order valence-electron chi connectivity index (χ2n) is 13.1. The Morgan fingerprint density at radius 1 is 0.978 bits per heavy atom. The second kappa shape index (κ2) is 15.5. The van der Waals surface area contributed by atoms with Crippen LogP contribution in [0.4, 0.5) is 21.0 Å². The van der Waals surface area contributed by atoms with Crippen LogP contribution < -0.4 is 0 Å². The first-order valence-corrected chi connectivity index (χ1v) is 18.0. The van der Waals surface area contributed by atoms with E-state index in [9.17, 15) is 34.9 Å². The van der Waals surface area contributed by atoms with Gasteiger partial charge in [0.15, 0.2) is 8.32 Å². The first kappa shape index (κ1) is 36.4. The standard InChI is InChI=1S/C31H44N4O10Si/c1-31(2,3)46(5,6)45-27-17-28(33(19-27)30(38)44-21-23-9-13-26(14-10-23)35(41)42)24(15-16-36)18-32(4)29(37)43-20-22-7-11-25(12-8-22)34(39)40/h7-14,24,27-28,36H,15-21H2,1-6H3/t24?,27-,28-/m0/s1. The molecule has 0 aliphatic carbocycles. The van der Waals surface area contributed by atoms with E-state index >= 15 is 0 Å². The minimum Gasteiger partial charge on any atom is -0.445 e. The summed E-state index contributed by atoms with van der Waals surface area (Å²) >= 11 is 0. The van der Waals surface area contributed by atoms with Gasteiger partial charge in [0.25, 0.3) is 11.4 Å². The summed E-state index contributed by atoms with van der Waals surface area (Å²) < 4.78 is 17.8. The van der Waals surface area contributed by atoms with Crippen LogP contribution in [0.2, 0.25) is 18.1 Å². The highest BCUT2D eigenvalue weighted by molar-refractivity contribution is 6.74. The molecule has 15 heteroatoms. The third kappa shape index (κ3) is 9.71. The number of nitro groups is 2. The predicted octanol–water partition coefficient (Wildman–Crippen LogP) is 5.87. The number of nitro benzene ring substituents is 2. The SMILES string of the molecule is CN(CC(CCO)[C@@H]1C[C@H](O[Si](C)(C)C(C)(C)C)CN1C(=O)OCc1ccc([N+](=O)[O-])cc1)C(=O)OCc1ccc([N+](=O)[O-])cc1. The lowest BCUT2D eigenvalue weighted by Crippen LogP contribution is -2.45. The first-order valence-electron chi connectivity index (χ1n) is 15.1. The molecule has 2 aromatic carbocycles. The fraction of sp³-hybridized carbons (Fsp3) is 0.548. The highest BCUT2D eigenvalue weighted by Gasteiger charge is 2.46. The fourth-order valence-electron chi connectivity index (χ4n) is 5.07. The number of non-ortho nitro benzene ring substituents is 2. The molecule has 0 spiro atoms. The van der Waals surface area contributed by atoms with E-state index in [0.717, 1.165) is 0 Å². The lowest BCUT2D eigenvalue weighted by atomic mass is 9.93. The third-order valence-electron chi connectivity index (χ3n) is 8.69. The molecule has 0 aromatic heterocycles. The van der Waals surface area contributed by atoms with E-state index in [1.165, 1.54) is 53.4 Å². The van der Waals surface area contributed by atoms with E-state index in [1.54, 1.807) is 11.9 Å². The smallest absolute Gasteiger partial charge is 0.410 e. The zero-order valence-corrected chi connectivity index (χ0v) is 28.2. The van der Waals surface area contributed by atoms with Crippen LogP contribution in [0.5, 0.6) is 0 Å². The van der Waals surface area contributed by atoms with E-state index in [1.807, 2.05) is 0 Å². The molecule has 1 fully saturated rings. The van der Waals surface area contributed by atoms with Crippen LogP contribution in [0, 0.1) is 26.1 Å². The number of ether oxygens (including phenoxy) is 2. The van der Waals surface area contributed by atoms with Gasteiger partial charge in [-0.2, -0.15) is 0 Å². The van der Waals surface area contributed by atoms with Gasteiger partial charge in [-0.25, -0.2) is 9.59 Å². The fourth-order valence-corrected chi connectivity index (χ4v) is 6.43. The molecule has 1 heterocycles. The predicted molar refractivity (Wildman–Crippen MR) is 172 cm³/mol. The van der Waals surface area contributed by atoms with Crippen LogP contribution in [0.1, 0.15) is 44.7 Å². The van der Waals surface area contributed by atoms with Gasteiger partial charge in [-0.3, -0.25) is 20.2 Å². The Balaban J connectivity index is 1.74. The zero-order valence-electron chi connectivity index (χ0n) is 27.2. The molecule has 1 N–H and O–H groups in total. The Morgan fingerprint density at radius 3 is 1.93 bits per heavy atom. The second-order valence-corrected chi connectivity index (χ2v) is 17.8. The van der Waals surface area contributed by atoms with Gasteiger partial charge < -0.3 is 28.8 Å². The number of benzene rings is 2. The van der Waals surface area contributed by atoms with Crippen LogP contribution in [-0.2, 0) is 27.1 Å². The summed E-state index contributed by atoms with van der Waals surface area (Å²) in [4.78, 5) is 50.3. The summed E-state index contributed by atoms with van der Waals surface area (Å²) in [5.74, 6) is -0.345. The average molecular weight is 661 g/mol. The molecule has 3 atom stereocenters. The number of carbonyl (C=O) groups is 2. The summed E-state index contributed by atoms with van der Waals surface area (Å²) in [5.41, 5.74) is 1.04. The first-order chi connectivity index (χ1) is 21.5. The van der Waals surface area contributed by atoms with Crippen molar-refractivity contribution in [1.29, 1.82) is 0 Å². The van der Waals surface area contributed by atoms with Crippen molar-refractivity contribution in [2.75, 3.05) is 26.7 Å². The van der Waals surface area contributed by atoms with Crippen LogP contribution in [0.3, 0.4) is 0 Å². The van der Waals surface area contributed by atoms with Crippen LogP contribution in [0.25, 0.3) is 0 Å². The number of amides is 2. The highest BCUT2D eigenvalue weighted by Crippen LogP contribution is 2.40. The maximum Gasteiger partial charge on any atom is 0.410 e. The van der Waals surface area contributed by atoms with Crippen LogP contribution in [-0.4, -0.2) is 84.1 Å². The van der Waals surface area contributed by atoms with E-state index in [-0.39, 0.29) is 61.3 Å². The monoisotopic (exact) mass is 660 g/mol. The van der Waals surface area contributed by atoms with Crippen molar-refractivity contribution in [3.05, 3.63) is 79.9 Å². The summed E-state index contributed by atoms with van der Waals surface area (Å²) in [5, 5.41) is 31.8. The van der Waals surface area contributed by atoms with Crippen molar-refractivity contribution < 1.29 is 38.4 Å². The molecule has 3 rings (SSSR count). The average Bonchev–Trinajstić information content (AvgIpc) is 3.41. The molecule has 0 radical (unpaired) electrons. The van der Waals surface area contributed by atoms with Gasteiger partial charge in [0.1, 0.15) is 13.2 Å². The topological polar surface area (TPSA) is 175 Å². The summed E-state index contributed by atoms with van der Waals surface area (Å²) in [7, 11) is -0.643. The number of aliphatic hydroxyl groups excluding tert-OH is 1. The maximum absolute atomic E-state index is 13.5. The molecule has 1 unspecified atom stereocenters. The lowest BCUT2D eigenvalue weighted by molar-refractivity contribution is -0.385. The largest absolute Gasteiger partial charge is 0.445 e. The Kier molecular flexibility index (Phi) is 12.2. The number of hydrogen-bond acceptors (Lipinski definition) is 10. The number of hydrogen-bond donors (Lipinski definition) is 1. The van der Waals surface area contributed by atoms with Gasteiger partial charge in [0.2, 0.25) is 0 Å². The summed E-state index contributed by atoms with van der Waals surface area (Å²) in [6.45, 7) is 10.8. The number of rotatable bonds is 13. The Morgan fingerprint density at radius 2 is 1.48 bits per heavy atom. The minimum atomic E-state index is -2.21. The van der Waals surface area contributed by atoms with Gasteiger partial charge in [-0.1, -0.05) is 20.8 Å². The van der Waals surface area contributed by atoms with Gasteiger partial charge in [-0.05, 0) is 72.3 Å². The molecule has 252 valence electrons. The normalized spacial score (nSPS) is 17.3. The van der Waals surface area contributed by atoms with Crippen molar-refractivity contribution >= 4 is 31.9 Å². The van der Waals surface area contributed by atoms with E-state index in [4.69, 9.17) is 13.9 Å². The molecular weight excluding hydrogens is 616 g/mol. The summed E-state index contributed by atoms with van der Waals surface area (Å²) in [6.07, 6.45) is -0.714. The van der Waals surface area contributed by atoms with Crippen molar-refractivity contribution in [3.8, 4) is 0 Å². The molecule has 0 bridgehead atoms. The molecule has 2 amide bonds. The zero-order chi connectivity index (χ0) is 34.2. The molecule has 14 nitrogen and oxygen atoms in total. The summed E-state index contributed by atoms with van der Waals surface area (Å²) in [6, 6.07) is 11.0. The maximum atomic E-state index is 13.5. The van der Waals surface area contributed by atoms with Gasteiger partial charge in [0.05, 0.1) is 16.0 Å². The molecule has 1 aliphatic heterocycles. The van der Waals surface area contributed by atoms with Gasteiger partial charge in [0, 0.05) is 57.1 Å². The van der Waals surface area contributed by atoms with Crippen molar-refractivity contribution in [3.63, 3.8) is 0 Å². The quantitative estimate of drug-likeness (QED) is 0.155. The number of nitrogens with zero attached hydrogens (tertiary/aromatic N) is 4. The van der Waals surface area contributed by atoms with Crippen molar-refractivity contribution in [2.24, 2.45) is 5.92 Å². The molecule has 2 aromatic rings. The molecule has 1 saturated heterocycles. The molecule has 46 heavy (non-hydrogen) atoms.